The number of benzene rings is 2. The van der Waals surface area contributed by atoms with Gasteiger partial charge in [0, 0.05) is 24.3 Å². The van der Waals surface area contributed by atoms with E-state index in [1.807, 2.05) is 30.3 Å². The predicted molar refractivity (Wildman–Crippen MR) is 102 cm³/mol. The monoisotopic (exact) mass is 348 g/mol. The number of hydrogen-bond acceptors (Lipinski definition) is 6. The van der Waals surface area contributed by atoms with Gasteiger partial charge in [-0.2, -0.15) is 10.1 Å². The van der Waals surface area contributed by atoms with Gasteiger partial charge in [0.15, 0.2) is 5.82 Å². The lowest BCUT2D eigenvalue weighted by Gasteiger charge is -2.15. The molecule has 1 atom stereocenters. The summed E-state index contributed by atoms with van der Waals surface area (Å²) in [7, 11) is 0. The van der Waals surface area contributed by atoms with Crippen LogP contribution in [-0.4, -0.2) is 21.1 Å². The maximum absolute atomic E-state index is 11.1. The lowest BCUT2D eigenvalue weighted by atomic mass is 10.1. The van der Waals surface area contributed by atoms with E-state index in [1.165, 1.54) is 6.92 Å². The van der Waals surface area contributed by atoms with Crippen LogP contribution in [0.2, 0.25) is 0 Å². The Bertz CT molecular complexity index is 867. The number of aromatic nitrogens is 3. The molecule has 0 saturated heterocycles. The average molecular weight is 348 g/mol. The second-order valence-corrected chi connectivity index (χ2v) is 5.83. The fourth-order valence-electron chi connectivity index (χ4n) is 2.44. The SMILES string of the molecule is CC(=O)Nc1ccc(Nc2nncc(NC(C)c3ccccc3)n2)cc1. The quantitative estimate of drug-likeness (QED) is 0.628. The molecule has 0 aliphatic rings. The molecular weight excluding hydrogens is 328 g/mol. The van der Waals surface area contributed by atoms with E-state index in [4.69, 9.17) is 0 Å². The van der Waals surface area contributed by atoms with Gasteiger partial charge in [-0.05, 0) is 36.8 Å². The van der Waals surface area contributed by atoms with Crippen LogP contribution in [0.5, 0.6) is 0 Å². The number of hydrogen-bond donors (Lipinski definition) is 3. The zero-order chi connectivity index (χ0) is 18.4. The molecule has 0 bridgehead atoms. The highest BCUT2D eigenvalue weighted by molar-refractivity contribution is 5.88. The molecule has 1 unspecified atom stereocenters. The summed E-state index contributed by atoms with van der Waals surface area (Å²) in [6.07, 6.45) is 1.59. The Kier molecular flexibility index (Phi) is 5.38. The van der Waals surface area contributed by atoms with Crippen molar-refractivity contribution in [3.63, 3.8) is 0 Å². The summed E-state index contributed by atoms with van der Waals surface area (Å²) in [5.74, 6) is 0.917. The van der Waals surface area contributed by atoms with Crippen molar-refractivity contribution in [2.45, 2.75) is 19.9 Å². The molecule has 3 N–H and O–H groups in total. The molecule has 1 amide bonds. The van der Waals surface area contributed by atoms with Crippen molar-refractivity contribution < 1.29 is 4.79 Å². The average Bonchev–Trinajstić information content (AvgIpc) is 2.64. The number of nitrogens with one attached hydrogen (secondary N) is 3. The molecule has 1 heterocycles. The van der Waals surface area contributed by atoms with Crippen molar-refractivity contribution in [2.24, 2.45) is 0 Å². The van der Waals surface area contributed by atoms with Gasteiger partial charge in [0.1, 0.15) is 0 Å². The largest absolute Gasteiger partial charge is 0.362 e. The van der Waals surface area contributed by atoms with Crippen LogP contribution in [0.3, 0.4) is 0 Å². The van der Waals surface area contributed by atoms with E-state index in [2.05, 4.69) is 50.2 Å². The Balaban J connectivity index is 1.66. The molecule has 1 aromatic heterocycles. The summed E-state index contributed by atoms with van der Waals surface area (Å²) >= 11 is 0. The molecule has 132 valence electrons. The van der Waals surface area contributed by atoms with Crippen LogP contribution in [0.15, 0.2) is 60.8 Å². The smallest absolute Gasteiger partial charge is 0.249 e. The van der Waals surface area contributed by atoms with Gasteiger partial charge in [0.25, 0.3) is 0 Å². The molecule has 3 rings (SSSR count). The van der Waals surface area contributed by atoms with E-state index in [-0.39, 0.29) is 11.9 Å². The van der Waals surface area contributed by atoms with E-state index in [0.29, 0.717) is 11.8 Å². The molecule has 2 aromatic carbocycles. The number of amides is 1. The van der Waals surface area contributed by atoms with Crippen LogP contribution in [0.1, 0.15) is 25.5 Å². The van der Waals surface area contributed by atoms with Crippen molar-refractivity contribution in [3.05, 3.63) is 66.4 Å². The summed E-state index contributed by atoms with van der Waals surface area (Å²) in [6.45, 7) is 3.53. The molecule has 0 saturated carbocycles. The van der Waals surface area contributed by atoms with Crippen molar-refractivity contribution in [1.29, 1.82) is 0 Å². The topological polar surface area (TPSA) is 91.8 Å². The van der Waals surface area contributed by atoms with Crippen LogP contribution in [0.25, 0.3) is 0 Å². The Morgan fingerprint density at radius 1 is 1.00 bits per heavy atom. The summed E-state index contributed by atoms with van der Waals surface area (Å²) in [6, 6.07) is 17.5. The van der Waals surface area contributed by atoms with E-state index in [0.717, 1.165) is 16.9 Å². The predicted octanol–water partition coefficient (Wildman–Crippen LogP) is 3.75. The standard InChI is InChI=1S/C19H20N6O/c1-13(15-6-4-3-5-7-15)21-18-12-20-25-19(24-18)23-17-10-8-16(9-11-17)22-14(2)26/h3-13H,1-2H3,(H,22,26)(H2,21,23,24,25). The summed E-state index contributed by atoms with van der Waals surface area (Å²) in [5, 5.41) is 17.1. The fourth-order valence-corrected chi connectivity index (χ4v) is 2.44. The van der Waals surface area contributed by atoms with Gasteiger partial charge in [-0.3, -0.25) is 4.79 Å². The summed E-state index contributed by atoms with van der Waals surface area (Å²) in [4.78, 5) is 15.5. The second kappa shape index (κ2) is 8.06. The molecule has 26 heavy (non-hydrogen) atoms. The lowest BCUT2D eigenvalue weighted by Crippen LogP contribution is -2.10. The van der Waals surface area contributed by atoms with Gasteiger partial charge in [0.05, 0.1) is 6.20 Å². The molecule has 0 aliphatic carbocycles. The number of carbonyl (C=O) groups is 1. The van der Waals surface area contributed by atoms with Crippen molar-refractivity contribution in [3.8, 4) is 0 Å². The lowest BCUT2D eigenvalue weighted by molar-refractivity contribution is -0.114. The van der Waals surface area contributed by atoms with Crippen LogP contribution < -0.4 is 16.0 Å². The molecule has 3 aromatic rings. The highest BCUT2D eigenvalue weighted by Gasteiger charge is 2.07. The van der Waals surface area contributed by atoms with E-state index < -0.39 is 0 Å². The number of nitrogens with zero attached hydrogens (tertiary/aromatic N) is 3. The molecule has 7 heteroatoms. The number of rotatable bonds is 6. The van der Waals surface area contributed by atoms with E-state index in [9.17, 15) is 4.79 Å². The minimum Gasteiger partial charge on any atom is -0.362 e. The Morgan fingerprint density at radius 3 is 2.38 bits per heavy atom. The minimum absolute atomic E-state index is 0.0951. The Morgan fingerprint density at radius 2 is 1.69 bits per heavy atom. The van der Waals surface area contributed by atoms with Crippen LogP contribution in [-0.2, 0) is 4.79 Å². The van der Waals surface area contributed by atoms with Gasteiger partial charge in [-0.25, -0.2) is 0 Å². The van der Waals surface area contributed by atoms with Gasteiger partial charge in [-0.1, -0.05) is 30.3 Å². The van der Waals surface area contributed by atoms with Gasteiger partial charge in [-0.15, -0.1) is 5.10 Å². The maximum atomic E-state index is 11.1. The third-order valence-electron chi connectivity index (χ3n) is 3.68. The van der Waals surface area contributed by atoms with Crippen LogP contribution in [0.4, 0.5) is 23.1 Å². The zero-order valence-electron chi connectivity index (χ0n) is 14.6. The third kappa shape index (κ3) is 4.76. The van der Waals surface area contributed by atoms with Crippen LogP contribution >= 0.6 is 0 Å². The second-order valence-electron chi connectivity index (χ2n) is 5.83. The molecule has 0 fully saturated rings. The van der Waals surface area contributed by atoms with Crippen LogP contribution in [0, 0.1) is 0 Å². The van der Waals surface area contributed by atoms with Gasteiger partial charge < -0.3 is 16.0 Å². The van der Waals surface area contributed by atoms with E-state index >= 15 is 0 Å². The van der Waals surface area contributed by atoms with E-state index in [1.54, 1.807) is 18.3 Å². The first-order valence-corrected chi connectivity index (χ1v) is 8.26. The first-order valence-electron chi connectivity index (χ1n) is 8.26. The van der Waals surface area contributed by atoms with Gasteiger partial charge in [0.2, 0.25) is 11.9 Å². The highest BCUT2D eigenvalue weighted by atomic mass is 16.1. The first kappa shape index (κ1) is 17.3. The molecule has 7 nitrogen and oxygen atoms in total. The number of carbonyl (C=O) groups excluding carboxylic acids is 1. The maximum Gasteiger partial charge on any atom is 0.249 e. The third-order valence-corrected chi connectivity index (χ3v) is 3.68. The highest BCUT2D eigenvalue weighted by Crippen LogP contribution is 2.19. The van der Waals surface area contributed by atoms with Crippen molar-refractivity contribution in [1.82, 2.24) is 15.2 Å². The summed E-state index contributed by atoms with van der Waals surface area (Å²) in [5.41, 5.74) is 2.69. The molecule has 0 radical (unpaired) electrons. The minimum atomic E-state index is -0.107. The Hall–Kier alpha value is -3.48. The zero-order valence-corrected chi connectivity index (χ0v) is 14.6. The van der Waals surface area contributed by atoms with Crippen molar-refractivity contribution >= 4 is 29.0 Å². The molecule has 0 spiro atoms. The number of anilines is 4. The normalized spacial score (nSPS) is 11.5. The van der Waals surface area contributed by atoms with Crippen molar-refractivity contribution in [2.75, 3.05) is 16.0 Å². The fraction of sp³-hybridized carbons (Fsp3) is 0.158. The summed E-state index contributed by atoms with van der Waals surface area (Å²) < 4.78 is 0. The van der Waals surface area contributed by atoms with Gasteiger partial charge >= 0.3 is 0 Å². The first-order chi connectivity index (χ1) is 12.6. The Labute approximate surface area is 151 Å². The molecule has 0 aliphatic heterocycles. The molecular formula is C19H20N6O.